The van der Waals surface area contributed by atoms with Crippen molar-refractivity contribution in [3.05, 3.63) is 65.2 Å². The predicted molar refractivity (Wildman–Crippen MR) is 61.0 cm³/mol. The molecule has 1 aromatic carbocycles. The molecule has 0 aromatic heterocycles. The predicted octanol–water partition coefficient (Wildman–Crippen LogP) is 1.05. The average Bonchev–Trinajstić information content (AvgIpc) is 2.47. The van der Waals surface area contributed by atoms with Gasteiger partial charge in [-0.25, -0.2) is 0 Å². The maximum Gasteiger partial charge on any atom is 0.191 e. The summed E-state index contributed by atoms with van der Waals surface area (Å²) in [7, 11) is 0. The van der Waals surface area contributed by atoms with Gasteiger partial charge in [0.15, 0.2) is 5.57 Å². The second-order valence-electron chi connectivity index (χ2n) is 3.09. The molecular weight excluding hydrogens is 227 g/mol. The number of hydrogen-bond acceptors (Lipinski definition) is 0. The molecule has 0 amide bonds. The monoisotopic (exact) mass is 236 g/mol. The van der Waals surface area contributed by atoms with E-state index in [9.17, 15) is 0 Å². The number of hydrogen-bond donors (Lipinski definition) is 0. The fourth-order valence-corrected chi connectivity index (χ4v) is 1.48. The first-order chi connectivity index (χ1) is 6.86. The first-order valence-corrected chi connectivity index (χ1v) is 4.94. The summed E-state index contributed by atoms with van der Waals surface area (Å²) in [6, 6.07) is 7.83. The lowest BCUT2D eigenvalue weighted by atomic mass is 10.1. The topological polar surface area (TPSA) is 0 Å². The Hall–Kier alpha value is -1.07. The first kappa shape index (κ1) is 12.0. The lowest BCUT2D eigenvalue weighted by molar-refractivity contribution is -0.00000262. The number of benzene rings is 1. The maximum absolute atomic E-state index is 5.82. The highest BCUT2D eigenvalue weighted by atomic mass is 35.5. The fourth-order valence-electron chi connectivity index (χ4n) is 1.35. The van der Waals surface area contributed by atoms with E-state index in [1.807, 2.05) is 36.4 Å². The molecule has 0 saturated carbocycles. The second kappa shape index (κ2) is 5.72. The molecule has 0 radical (unpaired) electrons. The van der Waals surface area contributed by atoms with Crippen LogP contribution in [-0.2, 0) is 0 Å². The minimum Gasteiger partial charge on any atom is -1.00 e. The smallest absolute Gasteiger partial charge is 0.191 e. The fraction of sp³-hybridized carbons (Fsp3) is 0.0769. The van der Waals surface area contributed by atoms with Crippen molar-refractivity contribution in [2.45, 2.75) is 6.42 Å². The quantitative estimate of drug-likeness (QED) is 0.640. The zero-order valence-electron chi connectivity index (χ0n) is 8.08. The Morgan fingerprint density at radius 1 is 1.07 bits per heavy atom. The lowest BCUT2D eigenvalue weighted by Crippen LogP contribution is -3.00. The van der Waals surface area contributed by atoms with E-state index in [1.165, 1.54) is 0 Å². The van der Waals surface area contributed by atoms with Crippen LogP contribution in [-0.4, -0.2) is 0 Å². The molecule has 76 valence electrons. The van der Waals surface area contributed by atoms with Gasteiger partial charge in [-0.2, -0.15) is 0 Å². The van der Waals surface area contributed by atoms with Crippen LogP contribution < -0.4 is 12.4 Å². The van der Waals surface area contributed by atoms with Crippen LogP contribution in [0, 0.1) is 6.08 Å². The van der Waals surface area contributed by atoms with Crippen LogP contribution in [0.25, 0.3) is 5.57 Å². The molecule has 0 aliphatic heterocycles. The highest BCUT2D eigenvalue weighted by Gasteiger charge is 2.08. The molecule has 0 atom stereocenters. The molecule has 1 aromatic rings. The van der Waals surface area contributed by atoms with Crippen LogP contribution in [0.3, 0.4) is 0 Å². The molecule has 0 spiro atoms. The molecular formula is C13H10Cl2. The summed E-state index contributed by atoms with van der Waals surface area (Å²) in [6.07, 6.45) is 12.4. The van der Waals surface area contributed by atoms with E-state index in [1.54, 1.807) is 0 Å². The molecule has 1 aliphatic carbocycles. The molecule has 0 heterocycles. The van der Waals surface area contributed by atoms with Crippen LogP contribution in [0.4, 0.5) is 0 Å². The van der Waals surface area contributed by atoms with Gasteiger partial charge in [-0.1, -0.05) is 23.8 Å². The van der Waals surface area contributed by atoms with E-state index in [0.717, 1.165) is 22.6 Å². The van der Waals surface area contributed by atoms with Gasteiger partial charge in [0, 0.05) is 23.2 Å². The third-order valence-electron chi connectivity index (χ3n) is 2.08. The lowest BCUT2D eigenvalue weighted by Gasteiger charge is -1.91. The maximum atomic E-state index is 5.82. The van der Waals surface area contributed by atoms with Gasteiger partial charge in [0.1, 0.15) is 0 Å². The number of allylic oxidation sites excluding steroid dienone is 6. The van der Waals surface area contributed by atoms with Gasteiger partial charge in [0.25, 0.3) is 0 Å². The van der Waals surface area contributed by atoms with Crippen molar-refractivity contribution >= 4 is 17.2 Å². The van der Waals surface area contributed by atoms with Gasteiger partial charge < -0.3 is 12.4 Å². The van der Waals surface area contributed by atoms with Crippen molar-refractivity contribution in [1.82, 2.24) is 0 Å². The molecule has 0 nitrogen and oxygen atoms in total. The summed E-state index contributed by atoms with van der Waals surface area (Å²) in [4.78, 5) is 0. The van der Waals surface area contributed by atoms with E-state index >= 15 is 0 Å². The van der Waals surface area contributed by atoms with Gasteiger partial charge in [-0.3, -0.25) is 0 Å². The van der Waals surface area contributed by atoms with E-state index in [0.29, 0.717) is 0 Å². The summed E-state index contributed by atoms with van der Waals surface area (Å²) < 4.78 is 0. The molecule has 0 fully saturated rings. The summed E-state index contributed by atoms with van der Waals surface area (Å²) in [5, 5.41) is 0.769. The molecule has 2 heteroatoms. The summed E-state index contributed by atoms with van der Waals surface area (Å²) >= 11 is 5.82. The molecule has 0 bridgehead atoms. The molecule has 2 rings (SSSR count). The largest absolute Gasteiger partial charge is 1.00 e. The SMILES string of the molecule is Clc1ccc(C2=[C+]CC=CC=C2)cc1.[Cl-]. The highest BCUT2D eigenvalue weighted by molar-refractivity contribution is 6.30. The minimum absolute atomic E-state index is 0. The van der Waals surface area contributed by atoms with E-state index in [2.05, 4.69) is 18.2 Å². The Balaban J connectivity index is 0.00000112. The van der Waals surface area contributed by atoms with E-state index in [-0.39, 0.29) is 12.4 Å². The average molecular weight is 237 g/mol. The third kappa shape index (κ3) is 3.21. The number of rotatable bonds is 1. The van der Waals surface area contributed by atoms with Crippen molar-refractivity contribution < 1.29 is 12.4 Å². The van der Waals surface area contributed by atoms with E-state index in [4.69, 9.17) is 11.6 Å². The Morgan fingerprint density at radius 3 is 2.53 bits per heavy atom. The third-order valence-corrected chi connectivity index (χ3v) is 2.33. The first-order valence-electron chi connectivity index (χ1n) is 4.56. The van der Waals surface area contributed by atoms with Crippen LogP contribution in [0.2, 0.25) is 5.02 Å². The Bertz CT molecular complexity index is 397. The molecule has 1 aliphatic rings. The van der Waals surface area contributed by atoms with Crippen molar-refractivity contribution in [3.8, 4) is 0 Å². The Kier molecular flexibility index (Phi) is 4.58. The van der Waals surface area contributed by atoms with Crippen LogP contribution >= 0.6 is 11.6 Å². The molecule has 0 N–H and O–H groups in total. The molecule has 0 saturated heterocycles. The van der Waals surface area contributed by atoms with Crippen molar-refractivity contribution in [2.24, 2.45) is 0 Å². The van der Waals surface area contributed by atoms with Crippen LogP contribution in [0.1, 0.15) is 12.0 Å². The zero-order valence-corrected chi connectivity index (χ0v) is 9.59. The summed E-state index contributed by atoms with van der Waals surface area (Å²) in [5.41, 5.74) is 2.29. The number of halogens is 2. The van der Waals surface area contributed by atoms with Crippen molar-refractivity contribution in [1.29, 1.82) is 0 Å². The molecule has 0 unspecified atom stereocenters. The van der Waals surface area contributed by atoms with Gasteiger partial charge in [-0.05, 0) is 18.2 Å². The standard InChI is InChI=1S/C13H10Cl.ClH/c14-13-9-7-12(8-10-13)11-5-3-1-2-4-6-11;/h1-3,5,7-10H,4H2;1H/q+1;/p-1. The Labute approximate surface area is 101 Å². The second-order valence-corrected chi connectivity index (χ2v) is 3.53. The molecule has 15 heavy (non-hydrogen) atoms. The van der Waals surface area contributed by atoms with Gasteiger partial charge in [0.2, 0.25) is 0 Å². The van der Waals surface area contributed by atoms with Crippen LogP contribution in [0.15, 0.2) is 48.6 Å². The highest BCUT2D eigenvalue weighted by Crippen LogP contribution is 2.20. The van der Waals surface area contributed by atoms with Crippen molar-refractivity contribution in [2.75, 3.05) is 0 Å². The zero-order chi connectivity index (χ0) is 9.80. The normalized spacial score (nSPS) is 13.5. The Morgan fingerprint density at radius 2 is 1.80 bits per heavy atom. The van der Waals surface area contributed by atoms with Gasteiger partial charge in [-0.15, -0.1) is 0 Å². The van der Waals surface area contributed by atoms with Gasteiger partial charge in [0.05, 0.1) is 18.1 Å². The summed E-state index contributed by atoms with van der Waals surface area (Å²) in [5.74, 6) is 0. The summed E-state index contributed by atoms with van der Waals surface area (Å²) in [6.45, 7) is 0. The minimum atomic E-state index is 0. The van der Waals surface area contributed by atoms with Crippen molar-refractivity contribution in [3.63, 3.8) is 0 Å². The van der Waals surface area contributed by atoms with Crippen LogP contribution in [0.5, 0.6) is 0 Å². The van der Waals surface area contributed by atoms with Gasteiger partial charge >= 0.3 is 0 Å². The van der Waals surface area contributed by atoms with E-state index < -0.39 is 0 Å².